The monoisotopic (exact) mass is 258 g/mol. The van der Waals surface area contributed by atoms with Gasteiger partial charge in [0, 0.05) is 6.54 Å². The quantitative estimate of drug-likeness (QED) is 0.553. The minimum atomic E-state index is -0.697. The molecule has 96 valence electrons. The lowest BCUT2D eigenvalue weighted by atomic mass is 10.1. The molecular weight excluding hydrogens is 240 g/mol. The summed E-state index contributed by atoms with van der Waals surface area (Å²) in [6.07, 6.45) is 1.36. The van der Waals surface area contributed by atoms with Crippen molar-refractivity contribution < 1.29 is 14.3 Å². The van der Waals surface area contributed by atoms with Crippen LogP contribution in [0.2, 0.25) is 0 Å². The van der Waals surface area contributed by atoms with Crippen LogP contribution in [0.4, 0.5) is 0 Å². The van der Waals surface area contributed by atoms with Crippen molar-refractivity contribution in [1.29, 1.82) is 0 Å². The van der Waals surface area contributed by atoms with Gasteiger partial charge in [-0.1, -0.05) is 12.2 Å². The van der Waals surface area contributed by atoms with E-state index in [1.165, 1.54) is 4.90 Å². The molecule has 0 aliphatic heterocycles. The molecule has 0 saturated heterocycles. The summed E-state index contributed by atoms with van der Waals surface area (Å²) in [5.74, 6) is -0.554. The minimum Gasteiger partial charge on any atom is -0.465 e. The van der Waals surface area contributed by atoms with Gasteiger partial charge in [-0.3, -0.25) is 9.59 Å². The van der Waals surface area contributed by atoms with Crippen LogP contribution < -0.4 is 5.73 Å². The van der Waals surface area contributed by atoms with E-state index >= 15 is 0 Å². The molecule has 17 heavy (non-hydrogen) atoms. The van der Waals surface area contributed by atoms with Crippen molar-refractivity contribution in [2.75, 3.05) is 19.7 Å². The Labute approximate surface area is 106 Å². The predicted molar refractivity (Wildman–Crippen MR) is 67.3 cm³/mol. The van der Waals surface area contributed by atoms with Crippen molar-refractivity contribution in [2.45, 2.75) is 26.7 Å². The van der Waals surface area contributed by atoms with E-state index in [0.717, 1.165) is 0 Å². The van der Waals surface area contributed by atoms with E-state index in [-0.39, 0.29) is 17.4 Å². The van der Waals surface area contributed by atoms with Crippen LogP contribution in [-0.4, -0.2) is 41.5 Å². The summed E-state index contributed by atoms with van der Waals surface area (Å²) in [5.41, 5.74) is 4.89. The average Bonchev–Trinajstić information content (AvgIpc) is 3.06. The number of esters is 1. The number of thiocarbonyl (C=S) groups is 1. The molecule has 0 radical (unpaired) electrons. The number of ether oxygens (including phenoxy) is 1. The van der Waals surface area contributed by atoms with E-state index in [2.05, 4.69) is 0 Å². The highest BCUT2D eigenvalue weighted by Gasteiger charge is 2.54. The van der Waals surface area contributed by atoms with Crippen LogP contribution in [0.5, 0.6) is 0 Å². The number of nitrogens with zero attached hydrogens (tertiary/aromatic N) is 1. The van der Waals surface area contributed by atoms with E-state index in [1.807, 2.05) is 6.92 Å². The van der Waals surface area contributed by atoms with Crippen molar-refractivity contribution in [2.24, 2.45) is 11.1 Å². The molecule has 0 aromatic rings. The average molecular weight is 258 g/mol. The molecule has 2 N–H and O–H groups in total. The highest BCUT2D eigenvalue weighted by Crippen LogP contribution is 2.47. The smallest absolute Gasteiger partial charge is 0.325 e. The van der Waals surface area contributed by atoms with Crippen LogP contribution in [0.25, 0.3) is 0 Å². The molecule has 0 aromatic carbocycles. The van der Waals surface area contributed by atoms with E-state index < -0.39 is 11.4 Å². The molecule has 5 nitrogen and oxygen atoms in total. The maximum Gasteiger partial charge on any atom is 0.325 e. The zero-order valence-corrected chi connectivity index (χ0v) is 11.0. The summed E-state index contributed by atoms with van der Waals surface area (Å²) >= 11 is 4.92. The van der Waals surface area contributed by atoms with Gasteiger partial charge in [-0.25, -0.2) is 0 Å². The summed E-state index contributed by atoms with van der Waals surface area (Å²) < 4.78 is 4.82. The standard InChI is InChI=1S/C11H18N2O3S/c1-3-13(7-8(14)16-4-2)10(15)11(5-6-11)9(12)17/h3-7H2,1-2H3,(H2,12,17). The first kappa shape index (κ1) is 13.9. The number of rotatable bonds is 6. The fourth-order valence-corrected chi connectivity index (χ4v) is 1.97. The summed E-state index contributed by atoms with van der Waals surface area (Å²) in [4.78, 5) is 25.2. The first-order chi connectivity index (χ1) is 7.97. The van der Waals surface area contributed by atoms with Crippen LogP contribution in [0.3, 0.4) is 0 Å². The van der Waals surface area contributed by atoms with Crippen molar-refractivity contribution >= 4 is 29.1 Å². The molecule has 1 rings (SSSR count). The maximum absolute atomic E-state index is 12.2. The molecule has 6 heteroatoms. The number of carbonyl (C=O) groups is 2. The lowest BCUT2D eigenvalue weighted by Gasteiger charge is -2.24. The van der Waals surface area contributed by atoms with Crippen molar-refractivity contribution in [3.05, 3.63) is 0 Å². The van der Waals surface area contributed by atoms with Gasteiger partial charge in [0.1, 0.15) is 6.54 Å². The molecule has 0 aromatic heterocycles. The first-order valence-electron chi connectivity index (χ1n) is 5.72. The molecule has 1 aliphatic carbocycles. The fraction of sp³-hybridized carbons (Fsp3) is 0.727. The topological polar surface area (TPSA) is 72.6 Å². The molecule has 0 atom stereocenters. The first-order valence-corrected chi connectivity index (χ1v) is 6.13. The predicted octanol–water partition coefficient (Wildman–Crippen LogP) is 0.464. The lowest BCUT2D eigenvalue weighted by molar-refractivity contribution is -0.149. The summed E-state index contributed by atoms with van der Waals surface area (Å²) in [6, 6.07) is 0. The third-order valence-corrected chi connectivity index (χ3v) is 3.32. The third kappa shape index (κ3) is 2.94. The van der Waals surface area contributed by atoms with Crippen LogP contribution in [-0.2, 0) is 14.3 Å². The Morgan fingerprint density at radius 2 is 2.00 bits per heavy atom. The molecule has 0 bridgehead atoms. The van der Waals surface area contributed by atoms with Gasteiger partial charge < -0.3 is 15.4 Å². The number of hydrogen-bond donors (Lipinski definition) is 1. The molecule has 1 amide bonds. The highest BCUT2D eigenvalue weighted by atomic mass is 32.1. The largest absolute Gasteiger partial charge is 0.465 e. The SMILES string of the molecule is CCOC(=O)CN(CC)C(=O)C1(C(N)=S)CC1. The Morgan fingerprint density at radius 1 is 1.41 bits per heavy atom. The second kappa shape index (κ2) is 5.44. The third-order valence-electron chi connectivity index (χ3n) is 2.93. The maximum atomic E-state index is 12.2. The van der Waals surface area contributed by atoms with Crippen LogP contribution in [0, 0.1) is 5.41 Å². The van der Waals surface area contributed by atoms with E-state index in [9.17, 15) is 9.59 Å². The number of nitrogens with two attached hydrogens (primary N) is 1. The molecule has 0 heterocycles. The molecule has 1 saturated carbocycles. The second-order valence-corrected chi connectivity index (χ2v) is 4.51. The van der Waals surface area contributed by atoms with Gasteiger partial charge in [0.2, 0.25) is 5.91 Å². The Balaban J connectivity index is 2.65. The Bertz CT molecular complexity index is 340. The van der Waals surface area contributed by atoms with Crippen LogP contribution >= 0.6 is 12.2 Å². The molecular formula is C11H18N2O3S. The molecule has 0 unspecified atom stereocenters. The van der Waals surface area contributed by atoms with Gasteiger partial charge in [-0.15, -0.1) is 0 Å². The number of amides is 1. The Hall–Kier alpha value is -1.17. The van der Waals surface area contributed by atoms with Gasteiger partial charge in [-0.2, -0.15) is 0 Å². The zero-order valence-electron chi connectivity index (χ0n) is 10.2. The number of likely N-dealkylation sites (N-methyl/N-ethyl adjacent to an activating group) is 1. The minimum absolute atomic E-state index is 0.0342. The lowest BCUT2D eigenvalue weighted by Crippen LogP contribution is -2.45. The Kier molecular flexibility index (Phi) is 4.45. The number of hydrogen-bond acceptors (Lipinski definition) is 4. The zero-order chi connectivity index (χ0) is 13.1. The molecule has 1 aliphatic rings. The molecule has 1 fully saturated rings. The van der Waals surface area contributed by atoms with Crippen molar-refractivity contribution in [1.82, 2.24) is 4.90 Å². The summed E-state index contributed by atoms with van der Waals surface area (Å²) in [5, 5.41) is 0. The normalized spacial score (nSPS) is 16.1. The van der Waals surface area contributed by atoms with Gasteiger partial charge in [0.15, 0.2) is 0 Å². The van der Waals surface area contributed by atoms with Gasteiger partial charge in [-0.05, 0) is 26.7 Å². The fourth-order valence-electron chi connectivity index (χ4n) is 1.68. The number of carbonyl (C=O) groups excluding carboxylic acids is 2. The van der Waals surface area contributed by atoms with Crippen LogP contribution in [0.1, 0.15) is 26.7 Å². The van der Waals surface area contributed by atoms with Crippen LogP contribution in [0.15, 0.2) is 0 Å². The molecule has 0 spiro atoms. The van der Waals surface area contributed by atoms with Gasteiger partial charge >= 0.3 is 5.97 Å². The van der Waals surface area contributed by atoms with Crippen molar-refractivity contribution in [3.63, 3.8) is 0 Å². The van der Waals surface area contributed by atoms with E-state index in [4.69, 9.17) is 22.7 Å². The Morgan fingerprint density at radius 3 is 2.35 bits per heavy atom. The van der Waals surface area contributed by atoms with Gasteiger partial charge in [0.25, 0.3) is 0 Å². The summed E-state index contributed by atoms with van der Waals surface area (Å²) in [7, 11) is 0. The highest BCUT2D eigenvalue weighted by molar-refractivity contribution is 7.80. The summed E-state index contributed by atoms with van der Waals surface area (Å²) in [6.45, 7) is 4.26. The second-order valence-electron chi connectivity index (χ2n) is 4.07. The van der Waals surface area contributed by atoms with E-state index in [0.29, 0.717) is 26.0 Å². The van der Waals surface area contributed by atoms with Gasteiger partial charge in [0.05, 0.1) is 17.0 Å². The van der Waals surface area contributed by atoms with Crippen molar-refractivity contribution in [3.8, 4) is 0 Å². The van der Waals surface area contributed by atoms with E-state index in [1.54, 1.807) is 6.92 Å².